The third-order valence-corrected chi connectivity index (χ3v) is 4.28. The lowest BCUT2D eigenvalue weighted by atomic mass is 9.76. The first kappa shape index (κ1) is 17.7. The minimum absolute atomic E-state index is 0.107. The number of ether oxygens (including phenoxy) is 1. The maximum Gasteiger partial charge on any atom is 0.315 e. The summed E-state index contributed by atoms with van der Waals surface area (Å²) in [4.78, 5) is 12.3. The van der Waals surface area contributed by atoms with Crippen molar-refractivity contribution in [1.82, 2.24) is 0 Å². The molecule has 0 saturated heterocycles. The highest BCUT2D eigenvalue weighted by Crippen LogP contribution is 2.33. The van der Waals surface area contributed by atoms with Crippen molar-refractivity contribution in [2.24, 2.45) is 5.41 Å². The van der Waals surface area contributed by atoms with E-state index in [1.54, 1.807) is 0 Å². The van der Waals surface area contributed by atoms with E-state index < -0.39 is 5.41 Å². The average Bonchev–Trinajstić information content (AvgIpc) is 2.46. The van der Waals surface area contributed by atoms with Gasteiger partial charge >= 0.3 is 5.97 Å². The lowest BCUT2D eigenvalue weighted by Crippen LogP contribution is -2.34. The zero-order chi connectivity index (χ0) is 16.1. The summed E-state index contributed by atoms with van der Waals surface area (Å²) in [5, 5.41) is 9.33. The van der Waals surface area contributed by atoms with E-state index in [0.29, 0.717) is 6.42 Å². The fraction of sp³-hybridized carbons (Fsp3) is 0.611. The van der Waals surface area contributed by atoms with Crippen LogP contribution >= 0.6 is 0 Å². The average molecular weight is 292 g/mol. The molecule has 0 fully saturated rings. The molecule has 1 atom stereocenters. The van der Waals surface area contributed by atoms with Crippen LogP contribution < -0.4 is 0 Å². The Morgan fingerprint density at radius 2 is 1.71 bits per heavy atom. The van der Waals surface area contributed by atoms with Crippen LogP contribution in [0.3, 0.4) is 0 Å². The molecule has 21 heavy (non-hydrogen) atoms. The summed E-state index contributed by atoms with van der Waals surface area (Å²) in [5.41, 5.74) is 1.42. The molecule has 1 aromatic carbocycles. The lowest BCUT2D eigenvalue weighted by Gasteiger charge is -2.29. The Kier molecular flexibility index (Phi) is 5.97. The van der Waals surface area contributed by atoms with E-state index >= 15 is 0 Å². The van der Waals surface area contributed by atoms with E-state index in [0.717, 1.165) is 18.4 Å². The van der Waals surface area contributed by atoms with Crippen LogP contribution in [0.25, 0.3) is 0 Å². The highest BCUT2D eigenvalue weighted by molar-refractivity contribution is 5.82. The smallest absolute Gasteiger partial charge is 0.315 e. The number of carbonyl (C=O) groups is 1. The van der Waals surface area contributed by atoms with Crippen LogP contribution in [0.5, 0.6) is 0 Å². The van der Waals surface area contributed by atoms with Crippen LogP contribution in [0.4, 0.5) is 0 Å². The van der Waals surface area contributed by atoms with Gasteiger partial charge in [0.1, 0.15) is 0 Å². The van der Waals surface area contributed by atoms with Gasteiger partial charge < -0.3 is 9.84 Å². The number of rotatable bonds is 7. The van der Waals surface area contributed by atoms with Crippen molar-refractivity contribution in [1.29, 1.82) is 0 Å². The Bertz CT molecular complexity index is 462. The SMILES string of the molecule is COC(=O)C(C)(CCCC(C)(C)CO)c1ccc(C)cc1. The first-order valence-electron chi connectivity index (χ1n) is 7.51. The molecule has 0 aliphatic carbocycles. The first-order chi connectivity index (χ1) is 9.75. The predicted molar refractivity (Wildman–Crippen MR) is 85.3 cm³/mol. The van der Waals surface area contributed by atoms with Gasteiger partial charge in [0, 0.05) is 6.61 Å². The van der Waals surface area contributed by atoms with Crippen LogP contribution in [0, 0.1) is 12.3 Å². The van der Waals surface area contributed by atoms with E-state index in [4.69, 9.17) is 4.74 Å². The van der Waals surface area contributed by atoms with Crippen LogP contribution in [-0.4, -0.2) is 24.8 Å². The molecular weight excluding hydrogens is 264 g/mol. The molecule has 1 unspecified atom stereocenters. The summed E-state index contributed by atoms with van der Waals surface area (Å²) >= 11 is 0. The summed E-state index contributed by atoms with van der Waals surface area (Å²) < 4.78 is 5.02. The highest BCUT2D eigenvalue weighted by Gasteiger charge is 2.36. The van der Waals surface area contributed by atoms with Crippen molar-refractivity contribution in [2.45, 2.75) is 52.4 Å². The quantitative estimate of drug-likeness (QED) is 0.781. The van der Waals surface area contributed by atoms with Gasteiger partial charge in [0.2, 0.25) is 0 Å². The van der Waals surface area contributed by atoms with Crippen molar-refractivity contribution < 1.29 is 14.6 Å². The second-order valence-corrected chi connectivity index (χ2v) is 6.87. The fourth-order valence-electron chi connectivity index (χ4n) is 2.51. The molecule has 0 saturated carbocycles. The minimum atomic E-state index is -0.631. The third-order valence-electron chi connectivity index (χ3n) is 4.28. The van der Waals surface area contributed by atoms with Gasteiger partial charge in [0.15, 0.2) is 0 Å². The largest absolute Gasteiger partial charge is 0.468 e. The number of aryl methyl sites for hydroxylation is 1. The molecule has 118 valence electrons. The molecule has 3 nitrogen and oxygen atoms in total. The van der Waals surface area contributed by atoms with Crippen molar-refractivity contribution in [3.63, 3.8) is 0 Å². The maximum absolute atomic E-state index is 12.3. The highest BCUT2D eigenvalue weighted by atomic mass is 16.5. The van der Waals surface area contributed by atoms with Gasteiger partial charge in [-0.05, 0) is 37.7 Å². The van der Waals surface area contributed by atoms with Gasteiger partial charge in [0.25, 0.3) is 0 Å². The molecule has 0 bridgehead atoms. The van der Waals surface area contributed by atoms with Gasteiger partial charge in [-0.1, -0.05) is 50.1 Å². The summed E-state index contributed by atoms with van der Waals surface area (Å²) in [7, 11) is 1.44. The molecule has 0 radical (unpaired) electrons. The first-order valence-corrected chi connectivity index (χ1v) is 7.51. The van der Waals surface area contributed by atoms with Crippen molar-refractivity contribution in [3.05, 3.63) is 35.4 Å². The van der Waals surface area contributed by atoms with E-state index in [1.807, 2.05) is 52.0 Å². The van der Waals surface area contributed by atoms with E-state index in [-0.39, 0.29) is 18.0 Å². The maximum atomic E-state index is 12.3. The number of carbonyl (C=O) groups excluding carboxylic acids is 1. The minimum Gasteiger partial charge on any atom is -0.468 e. The Morgan fingerprint density at radius 3 is 2.19 bits per heavy atom. The summed E-state index contributed by atoms with van der Waals surface area (Å²) in [5.74, 6) is -0.201. The zero-order valence-corrected chi connectivity index (χ0v) is 13.9. The second-order valence-electron chi connectivity index (χ2n) is 6.87. The van der Waals surface area contributed by atoms with Crippen molar-refractivity contribution in [3.8, 4) is 0 Å². The molecule has 1 N–H and O–H groups in total. The van der Waals surface area contributed by atoms with Crippen LogP contribution in [-0.2, 0) is 14.9 Å². The van der Waals surface area contributed by atoms with Crippen LogP contribution in [0.15, 0.2) is 24.3 Å². The number of hydrogen-bond acceptors (Lipinski definition) is 3. The number of aliphatic hydroxyl groups excluding tert-OH is 1. The van der Waals surface area contributed by atoms with E-state index in [2.05, 4.69) is 0 Å². The van der Waals surface area contributed by atoms with Crippen LogP contribution in [0.2, 0.25) is 0 Å². The number of hydrogen-bond donors (Lipinski definition) is 1. The number of methoxy groups -OCH3 is 1. The molecule has 1 rings (SSSR count). The Morgan fingerprint density at radius 1 is 1.14 bits per heavy atom. The monoisotopic (exact) mass is 292 g/mol. The summed E-state index contributed by atoms with van der Waals surface area (Å²) in [6, 6.07) is 8.05. The van der Waals surface area contributed by atoms with Gasteiger partial charge in [-0.25, -0.2) is 0 Å². The topological polar surface area (TPSA) is 46.5 Å². The Labute approximate surface area is 128 Å². The van der Waals surface area contributed by atoms with Crippen LogP contribution in [0.1, 0.15) is 51.2 Å². The standard InChI is InChI=1S/C18H28O3/c1-14-7-9-15(10-8-14)18(4,16(20)21-5)12-6-11-17(2,3)13-19/h7-10,19H,6,11-13H2,1-5H3. The molecule has 0 aliphatic rings. The number of esters is 1. The van der Waals surface area contributed by atoms with Gasteiger partial charge in [-0.15, -0.1) is 0 Å². The molecule has 0 aliphatic heterocycles. The van der Waals surface area contributed by atoms with E-state index in [1.165, 1.54) is 12.7 Å². The zero-order valence-electron chi connectivity index (χ0n) is 13.9. The van der Waals surface area contributed by atoms with Gasteiger partial charge in [-0.3, -0.25) is 4.79 Å². The van der Waals surface area contributed by atoms with Crippen molar-refractivity contribution in [2.75, 3.05) is 13.7 Å². The van der Waals surface area contributed by atoms with Gasteiger partial charge in [0.05, 0.1) is 12.5 Å². The molecular formula is C18H28O3. The molecule has 0 spiro atoms. The third kappa shape index (κ3) is 4.57. The fourth-order valence-corrected chi connectivity index (χ4v) is 2.51. The van der Waals surface area contributed by atoms with E-state index in [9.17, 15) is 9.90 Å². The Balaban J connectivity index is 2.89. The summed E-state index contributed by atoms with van der Waals surface area (Å²) in [6.07, 6.45) is 2.46. The van der Waals surface area contributed by atoms with Gasteiger partial charge in [-0.2, -0.15) is 0 Å². The van der Waals surface area contributed by atoms with Crippen molar-refractivity contribution >= 4 is 5.97 Å². The lowest BCUT2D eigenvalue weighted by molar-refractivity contribution is -0.147. The molecule has 0 aromatic heterocycles. The predicted octanol–water partition coefficient (Wildman–Crippen LogP) is 3.61. The molecule has 1 aromatic rings. The summed E-state index contributed by atoms with van der Waals surface area (Å²) in [6.45, 7) is 8.20. The molecule has 3 heteroatoms. The molecule has 0 heterocycles. The second kappa shape index (κ2) is 7.08. The number of benzene rings is 1. The molecule has 0 amide bonds. The number of aliphatic hydroxyl groups is 1. The normalized spacial score (nSPS) is 14.6. The Hall–Kier alpha value is -1.35.